The van der Waals surface area contributed by atoms with Gasteiger partial charge >= 0.3 is 6.03 Å². The van der Waals surface area contributed by atoms with Crippen LogP contribution in [0.4, 0.5) is 16.2 Å². The van der Waals surface area contributed by atoms with Crippen molar-refractivity contribution >= 4 is 29.0 Å². The number of nitrogens with one attached hydrogen (secondary N) is 2. The second-order valence-corrected chi connectivity index (χ2v) is 5.50. The third kappa shape index (κ3) is 4.46. The van der Waals surface area contributed by atoms with Gasteiger partial charge < -0.3 is 16.4 Å². The Bertz CT molecular complexity index is 496. The number of allylic oxidation sites excluding steroid dienone is 1. The molecule has 1 fully saturated rings. The molecule has 0 atom stereocenters. The Labute approximate surface area is 124 Å². The molecule has 108 valence electrons. The molecule has 1 aromatic carbocycles. The molecule has 5 heteroatoms. The van der Waals surface area contributed by atoms with Crippen molar-refractivity contribution in [3.05, 3.63) is 35.5 Å². The van der Waals surface area contributed by atoms with Crippen molar-refractivity contribution in [1.29, 1.82) is 0 Å². The minimum atomic E-state index is -0.302. The molecule has 0 aliphatic heterocycles. The molecule has 4 N–H and O–H groups in total. The second-order valence-electron chi connectivity index (χ2n) is 5.09. The lowest BCUT2D eigenvalue weighted by molar-refractivity contribution is 0.255. The average molecular weight is 294 g/mol. The molecule has 0 saturated heterocycles. The van der Waals surface area contributed by atoms with Gasteiger partial charge in [0.1, 0.15) is 0 Å². The van der Waals surface area contributed by atoms with E-state index in [1.165, 1.54) is 32.1 Å². The van der Waals surface area contributed by atoms with Crippen LogP contribution in [0.3, 0.4) is 0 Å². The Morgan fingerprint density at radius 2 is 2.05 bits per heavy atom. The highest BCUT2D eigenvalue weighted by atomic mass is 35.5. The normalized spacial score (nSPS) is 16.2. The molecule has 1 aliphatic rings. The van der Waals surface area contributed by atoms with Crippen LogP contribution in [-0.2, 0) is 0 Å². The summed E-state index contributed by atoms with van der Waals surface area (Å²) in [5.41, 5.74) is 6.71. The van der Waals surface area contributed by atoms with E-state index in [1.54, 1.807) is 24.4 Å². The molecule has 2 rings (SSSR count). The van der Waals surface area contributed by atoms with Gasteiger partial charge in [-0.3, -0.25) is 0 Å². The summed E-state index contributed by atoms with van der Waals surface area (Å²) in [6, 6.07) is 4.68. The molecule has 0 heterocycles. The first-order valence-electron chi connectivity index (χ1n) is 6.94. The summed E-state index contributed by atoms with van der Waals surface area (Å²) in [6.45, 7) is 0. The third-order valence-corrected chi connectivity index (χ3v) is 3.79. The fraction of sp³-hybridized carbons (Fsp3) is 0.400. The van der Waals surface area contributed by atoms with Crippen LogP contribution in [0.5, 0.6) is 0 Å². The lowest BCUT2D eigenvalue weighted by atomic mass is 9.89. The van der Waals surface area contributed by atoms with Gasteiger partial charge in [0.05, 0.1) is 10.7 Å². The van der Waals surface area contributed by atoms with Crippen molar-refractivity contribution in [2.24, 2.45) is 5.92 Å². The number of urea groups is 1. The van der Waals surface area contributed by atoms with E-state index < -0.39 is 0 Å². The number of carbonyl (C=O) groups is 1. The monoisotopic (exact) mass is 293 g/mol. The van der Waals surface area contributed by atoms with Crippen molar-refractivity contribution in [3.63, 3.8) is 0 Å². The molecular weight excluding hydrogens is 274 g/mol. The number of hydrogen-bond acceptors (Lipinski definition) is 2. The maximum absolute atomic E-state index is 11.7. The quantitative estimate of drug-likeness (QED) is 0.733. The van der Waals surface area contributed by atoms with E-state index in [1.807, 2.05) is 0 Å². The molecular formula is C15H20ClN3O. The van der Waals surface area contributed by atoms with Gasteiger partial charge in [-0.1, -0.05) is 36.9 Å². The summed E-state index contributed by atoms with van der Waals surface area (Å²) in [6.07, 6.45) is 10.1. The van der Waals surface area contributed by atoms with E-state index in [0.717, 1.165) is 0 Å². The van der Waals surface area contributed by atoms with Gasteiger partial charge in [0.2, 0.25) is 0 Å². The van der Waals surface area contributed by atoms with Gasteiger partial charge in [-0.05, 0) is 37.0 Å². The third-order valence-electron chi connectivity index (χ3n) is 3.47. The summed E-state index contributed by atoms with van der Waals surface area (Å²) in [4.78, 5) is 11.7. The SMILES string of the molecule is Nc1ccc(NC(=O)N/C=C/C2CCCCC2)c(Cl)c1. The largest absolute Gasteiger partial charge is 0.399 e. The van der Waals surface area contributed by atoms with Crippen LogP contribution < -0.4 is 16.4 Å². The lowest BCUT2D eigenvalue weighted by Crippen LogP contribution is -2.24. The Morgan fingerprint density at radius 3 is 2.75 bits per heavy atom. The molecule has 1 aromatic rings. The van der Waals surface area contributed by atoms with Gasteiger partial charge in [-0.25, -0.2) is 4.79 Å². The summed E-state index contributed by atoms with van der Waals surface area (Å²) in [5.74, 6) is 0.587. The number of anilines is 2. The Hall–Kier alpha value is -1.68. The zero-order valence-electron chi connectivity index (χ0n) is 11.4. The smallest absolute Gasteiger partial charge is 0.323 e. The number of benzene rings is 1. The number of rotatable bonds is 3. The molecule has 0 unspecified atom stereocenters. The first-order valence-corrected chi connectivity index (χ1v) is 7.32. The van der Waals surface area contributed by atoms with Crippen LogP contribution in [0.15, 0.2) is 30.5 Å². The molecule has 0 radical (unpaired) electrons. The minimum absolute atomic E-state index is 0.302. The van der Waals surface area contributed by atoms with E-state index in [0.29, 0.717) is 22.3 Å². The standard InChI is InChI=1S/C15H20ClN3O/c16-13-10-12(17)6-7-14(13)19-15(20)18-9-8-11-4-2-1-3-5-11/h6-11H,1-5,17H2,(H2,18,19,20)/b9-8+. The van der Waals surface area contributed by atoms with Crippen LogP contribution in [0, 0.1) is 5.92 Å². The Kier molecular flexibility index (Phi) is 5.30. The zero-order chi connectivity index (χ0) is 14.4. The number of hydrogen-bond donors (Lipinski definition) is 3. The van der Waals surface area contributed by atoms with Crippen LogP contribution in [0.1, 0.15) is 32.1 Å². The summed E-state index contributed by atoms with van der Waals surface area (Å²) < 4.78 is 0. The van der Waals surface area contributed by atoms with E-state index in [4.69, 9.17) is 17.3 Å². The van der Waals surface area contributed by atoms with Crippen molar-refractivity contribution in [3.8, 4) is 0 Å². The fourth-order valence-electron chi connectivity index (χ4n) is 2.38. The molecule has 0 spiro atoms. The molecule has 0 bridgehead atoms. The lowest BCUT2D eigenvalue weighted by Gasteiger charge is -2.17. The van der Waals surface area contributed by atoms with Gasteiger partial charge in [-0.2, -0.15) is 0 Å². The van der Waals surface area contributed by atoms with Crippen LogP contribution in [0.25, 0.3) is 0 Å². The Morgan fingerprint density at radius 1 is 1.30 bits per heavy atom. The van der Waals surface area contributed by atoms with Gasteiger partial charge in [0.15, 0.2) is 0 Å². The molecule has 1 saturated carbocycles. The minimum Gasteiger partial charge on any atom is -0.399 e. The fourth-order valence-corrected chi connectivity index (χ4v) is 2.61. The first kappa shape index (κ1) is 14.7. The number of amides is 2. The van der Waals surface area contributed by atoms with Gasteiger partial charge in [0, 0.05) is 11.9 Å². The number of nitrogen functional groups attached to an aromatic ring is 1. The molecule has 0 aromatic heterocycles. The maximum atomic E-state index is 11.7. The van der Waals surface area contributed by atoms with Crippen molar-refractivity contribution in [2.75, 3.05) is 11.1 Å². The summed E-state index contributed by atoms with van der Waals surface area (Å²) in [7, 11) is 0. The maximum Gasteiger partial charge on any atom is 0.323 e. The highest BCUT2D eigenvalue weighted by molar-refractivity contribution is 6.34. The summed E-state index contributed by atoms with van der Waals surface area (Å²) >= 11 is 5.99. The van der Waals surface area contributed by atoms with E-state index in [-0.39, 0.29) is 6.03 Å². The summed E-state index contributed by atoms with van der Waals surface area (Å²) in [5, 5.41) is 5.81. The predicted molar refractivity (Wildman–Crippen MR) is 83.7 cm³/mol. The predicted octanol–water partition coefficient (Wildman–Crippen LogP) is 4.14. The zero-order valence-corrected chi connectivity index (χ0v) is 12.1. The van der Waals surface area contributed by atoms with Crippen molar-refractivity contribution in [1.82, 2.24) is 5.32 Å². The van der Waals surface area contributed by atoms with Crippen molar-refractivity contribution < 1.29 is 4.79 Å². The van der Waals surface area contributed by atoms with Crippen LogP contribution >= 0.6 is 11.6 Å². The number of nitrogens with two attached hydrogens (primary N) is 1. The Balaban J connectivity index is 1.81. The van der Waals surface area contributed by atoms with Crippen LogP contribution in [-0.4, -0.2) is 6.03 Å². The number of halogens is 1. The van der Waals surface area contributed by atoms with Gasteiger partial charge in [-0.15, -0.1) is 0 Å². The van der Waals surface area contributed by atoms with E-state index in [2.05, 4.69) is 16.7 Å². The average Bonchev–Trinajstić information content (AvgIpc) is 2.43. The van der Waals surface area contributed by atoms with Gasteiger partial charge in [0.25, 0.3) is 0 Å². The van der Waals surface area contributed by atoms with E-state index in [9.17, 15) is 4.79 Å². The first-order chi connectivity index (χ1) is 9.65. The molecule has 1 aliphatic carbocycles. The number of carbonyl (C=O) groups excluding carboxylic acids is 1. The van der Waals surface area contributed by atoms with Crippen LogP contribution in [0.2, 0.25) is 5.02 Å². The molecule has 4 nitrogen and oxygen atoms in total. The molecule has 20 heavy (non-hydrogen) atoms. The highest BCUT2D eigenvalue weighted by Crippen LogP contribution is 2.25. The van der Waals surface area contributed by atoms with E-state index >= 15 is 0 Å². The topological polar surface area (TPSA) is 67.1 Å². The molecule has 2 amide bonds. The second kappa shape index (κ2) is 7.20. The highest BCUT2D eigenvalue weighted by Gasteiger charge is 2.10. The van der Waals surface area contributed by atoms with Crippen molar-refractivity contribution in [2.45, 2.75) is 32.1 Å².